The highest BCUT2D eigenvalue weighted by Crippen LogP contribution is 2.34. The monoisotopic (exact) mass is 250 g/mol. The fourth-order valence-electron chi connectivity index (χ4n) is 2.50. The topological polar surface area (TPSA) is 51.4 Å². The molecule has 0 aromatic carbocycles. The minimum Gasteiger partial charge on any atom is -0.302 e. The molecule has 0 radical (unpaired) electrons. The second-order valence-corrected chi connectivity index (χ2v) is 6.86. The zero-order valence-corrected chi connectivity index (χ0v) is 10.4. The quantitative estimate of drug-likeness (QED) is 0.776. The number of aryl methyl sites for hydroxylation is 1. The Hall–Kier alpha value is -1.36. The largest absolute Gasteiger partial charge is 0.302 e. The zero-order valence-electron chi connectivity index (χ0n) is 9.63. The number of nitrogens with zero attached hydrogens (tertiary/aromatic N) is 2. The molecule has 1 aliphatic heterocycles. The lowest BCUT2D eigenvalue weighted by Crippen LogP contribution is -2.11. The number of aromatic nitrogens is 2. The van der Waals surface area contributed by atoms with Crippen molar-refractivity contribution in [1.29, 1.82) is 0 Å². The molecule has 3 heterocycles. The standard InChI is InChI=1S/C12H14N2O2S/c1-9-4-2-6-14-10(9)8-13-12(14)11-5-3-7-17(11,15)16/h2,4,6,8,11H,3,5,7H2,1H3. The highest BCUT2D eigenvalue weighted by atomic mass is 32.2. The number of imidazole rings is 1. The predicted octanol–water partition coefficient (Wildman–Crippen LogP) is 1.89. The van der Waals surface area contributed by atoms with Gasteiger partial charge in [0.1, 0.15) is 11.1 Å². The van der Waals surface area contributed by atoms with E-state index in [1.54, 1.807) is 6.20 Å². The number of sulfone groups is 1. The van der Waals surface area contributed by atoms with Gasteiger partial charge in [-0.25, -0.2) is 13.4 Å². The van der Waals surface area contributed by atoms with Crippen LogP contribution in [0, 0.1) is 6.92 Å². The molecule has 1 saturated heterocycles. The van der Waals surface area contributed by atoms with Gasteiger partial charge in [-0.05, 0) is 31.4 Å². The van der Waals surface area contributed by atoms with Crippen LogP contribution in [0.1, 0.15) is 29.5 Å². The third-order valence-corrected chi connectivity index (χ3v) is 5.60. The van der Waals surface area contributed by atoms with E-state index in [-0.39, 0.29) is 0 Å². The molecule has 1 fully saturated rings. The molecule has 4 nitrogen and oxygen atoms in total. The molecule has 0 amide bonds. The van der Waals surface area contributed by atoms with Crippen molar-refractivity contribution in [2.45, 2.75) is 25.0 Å². The van der Waals surface area contributed by atoms with Gasteiger partial charge < -0.3 is 4.40 Å². The second-order valence-electron chi connectivity index (χ2n) is 4.56. The number of rotatable bonds is 1. The number of hydrogen-bond donors (Lipinski definition) is 0. The average Bonchev–Trinajstić information content (AvgIpc) is 2.82. The van der Waals surface area contributed by atoms with Crippen molar-refractivity contribution in [3.63, 3.8) is 0 Å². The first kappa shape index (κ1) is 10.8. The summed E-state index contributed by atoms with van der Waals surface area (Å²) in [6.07, 6.45) is 5.08. The normalized spacial score (nSPS) is 23.2. The van der Waals surface area contributed by atoms with Gasteiger partial charge in [-0.2, -0.15) is 0 Å². The van der Waals surface area contributed by atoms with E-state index in [1.165, 1.54) is 0 Å². The molecule has 2 aromatic rings. The maximum Gasteiger partial charge on any atom is 0.160 e. The van der Waals surface area contributed by atoms with Crippen LogP contribution in [0.15, 0.2) is 24.5 Å². The van der Waals surface area contributed by atoms with E-state index in [0.29, 0.717) is 18.0 Å². The maximum atomic E-state index is 11.9. The first-order valence-corrected chi connectivity index (χ1v) is 7.45. The maximum absolute atomic E-state index is 11.9. The molecule has 90 valence electrons. The van der Waals surface area contributed by atoms with Gasteiger partial charge in [0.05, 0.1) is 17.5 Å². The molecule has 2 aromatic heterocycles. The van der Waals surface area contributed by atoms with Crippen LogP contribution >= 0.6 is 0 Å². The van der Waals surface area contributed by atoms with Crippen LogP contribution in [0.4, 0.5) is 0 Å². The molecule has 1 unspecified atom stereocenters. The second kappa shape index (κ2) is 3.57. The Bertz CT molecular complexity index is 673. The fourth-order valence-corrected chi connectivity index (χ4v) is 4.38. The lowest BCUT2D eigenvalue weighted by Gasteiger charge is -2.08. The molecular formula is C12H14N2O2S. The summed E-state index contributed by atoms with van der Waals surface area (Å²) in [6, 6.07) is 3.93. The Morgan fingerprint density at radius 3 is 3.00 bits per heavy atom. The Kier molecular flexibility index (Phi) is 2.26. The molecule has 0 saturated carbocycles. The van der Waals surface area contributed by atoms with Gasteiger partial charge in [0, 0.05) is 6.20 Å². The zero-order chi connectivity index (χ0) is 12.0. The van der Waals surface area contributed by atoms with Crippen molar-refractivity contribution in [2.75, 3.05) is 5.75 Å². The summed E-state index contributed by atoms with van der Waals surface area (Å²) in [5, 5.41) is -0.424. The average molecular weight is 250 g/mol. The van der Waals surface area contributed by atoms with Crippen LogP contribution in [0.5, 0.6) is 0 Å². The first-order valence-electron chi connectivity index (χ1n) is 5.74. The van der Waals surface area contributed by atoms with E-state index in [0.717, 1.165) is 17.5 Å². The van der Waals surface area contributed by atoms with Gasteiger partial charge >= 0.3 is 0 Å². The molecular weight excluding hydrogens is 236 g/mol. The Labute approximate surface area is 100 Å². The van der Waals surface area contributed by atoms with Crippen molar-refractivity contribution >= 4 is 15.4 Å². The summed E-state index contributed by atoms with van der Waals surface area (Å²) >= 11 is 0. The molecule has 17 heavy (non-hydrogen) atoms. The van der Waals surface area contributed by atoms with E-state index in [1.807, 2.05) is 29.7 Å². The van der Waals surface area contributed by atoms with Gasteiger partial charge in [0.15, 0.2) is 9.84 Å². The smallest absolute Gasteiger partial charge is 0.160 e. The van der Waals surface area contributed by atoms with E-state index >= 15 is 0 Å². The van der Waals surface area contributed by atoms with Crippen molar-refractivity contribution in [2.24, 2.45) is 0 Å². The summed E-state index contributed by atoms with van der Waals surface area (Å²) in [5.41, 5.74) is 2.10. The van der Waals surface area contributed by atoms with Crippen LogP contribution in [0.25, 0.3) is 5.52 Å². The van der Waals surface area contributed by atoms with Crippen molar-refractivity contribution in [3.05, 3.63) is 35.9 Å². The van der Waals surface area contributed by atoms with Gasteiger partial charge in [-0.15, -0.1) is 0 Å². The fraction of sp³-hybridized carbons (Fsp3) is 0.417. The lowest BCUT2D eigenvalue weighted by molar-refractivity contribution is 0.588. The van der Waals surface area contributed by atoms with Crippen LogP contribution in [-0.4, -0.2) is 23.6 Å². The predicted molar refractivity (Wildman–Crippen MR) is 65.7 cm³/mol. The molecule has 0 N–H and O–H groups in total. The van der Waals surface area contributed by atoms with Crippen molar-refractivity contribution in [3.8, 4) is 0 Å². The third-order valence-electron chi connectivity index (χ3n) is 3.43. The summed E-state index contributed by atoms with van der Waals surface area (Å²) in [5.74, 6) is 0.958. The van der Waals surface area contributed by atoms with E-state index in [9.17, 15) is 8.42 Å². The summed E-state index contributed by atoms with van der Waals surface area (Å²) < 4.78 is 25.8. The SMILES string of the molecule is Cc1cccn2c(C3CCCS3(=O)=O)ncc12. The number of hydrogen-bond acceptors (Lipinski definition) is 3. The minimum absolute atomic E-state index is 0.290. The number of fused-ring (bicyclic) bond motifs is 1. The molecule has 1 aliphatic rings. The third kappa shape index (κ3) is 1.57. The minimum atomic E-state index is -3.00. The van der Waals surface area contributed by atoms with Crippen LogP contribution in [0.2, 0.25) is 0 Å². The Morgan fingerprint density at radius 1 is 1.47 bits per heavy atom. The van der Waals surface area contributed by atoms with E-state index < -0.39 is 15.1 Å². The summed E-state index contributed by atoms with van der Waals surface area (Å²) in [7, 11) is -3.00. The Morgan fingerprint density at radius 2 is 2.29 bits per heavy atom. The van der Waals surface area contributed by atoms with Gasteiger partial charge in [-0.1, -0.05) is 6.07 Å². The highest BCUT2D eigenvalue weighted by molar-refractivity contribution is 7.91. The molecule has 1 atom stereocenters. The summed E-state index contributed by atoms with van der Waals surface area (Å²) in [4.78, 5) is 4.32. The van der Waals surface area contributed by atoms with Crippen LogP contribution in [-0.2, 0) is 9.84 Å². The van der Waals surface area contributed by atoms with Gasteiger partial charge in [-0.3, -0.25) is 0 Å². The van der Waals surface area contributed by atoms with E-state index in [2.05, 4.69) is 4.98 Å². The highest BCUT2D eigenvalue weighted by Gasteiger charge is 2.35. The van der Waals surface area contributed by atoms with Crippen molar-refractivity contribution < 1.29 is 8.42 Å². The summed E-state index contributed by atoms with van der Waals surface area (Å²) in [6.45, 7) is 2.00. The van der Waals surface area contributed by atoms with Gasteiger partial charge in [0.2, 0.25) is 0 Å². The first-order chi connectivity index (χ1) is 8.09. The molecule has 5 heteroatoms. The van der Waals surface area contributed by atoms with Crippen LogP contribution in [0.3, 0.4) is 0 Å². The molecule has 0 spiro atoms. The lowest BCUT2D eigenvalue weighted by atomic mass is 10.2. The van der Waals surface area contributed by atoms with Crippen molar-refractivity contribution in [1.82, 2.24) is 9.38 Å². The molecule has 0 bridgehead atoms. The number of pyridine rings is 1. The van der Waals surface area contributed by atoms with Crippen LogP contribution < -0.4 is 0 Å². The molecule has 0 aliphatic carbocycles. The molecule has 3 rings (SSSR count). The van der Waals surface area contributed by atoms with Gasteiger partial charge in [0.25, 0.3) is 0 Å². The Balaban J connectivity index is 2.22. The van der Waals surface area contributed by atoms with E-state index in [4.69, 9.17) is 0 Å².